The molecule has 0 unspecified atom stereocenters. The Morgan fingerprint density at radius 2 is 1.25 bits per heavy atom. The van der Waals surface area contributed by atoms with Gasteiger partial charge in [0.15, 0.2) is 0 Å². The maximum absolute atomic E-state index is 9.86. The van der Waals surface area contributed by atoms with Gasteiger partial charge in [-0.1, -0.05) is 0 Å². The van der Waals surface area contributed by atoms with Crippen LogP contribution in [0.2, 0.25) is 0 Å². The maximum atomic E-state index is 9.86. The number of carbonyl (C=O) groups is 3. The fourth-order valence-corrected chi connectivity index (χ4v) is 0.163. The van der Waals surface area contributed by atoms with Crippen molar-refractivity contribution in [2.75, 3.05) is 0 Å². The summed E-state index contributed by atoms with van der Waals surface area (Å²) in [6, 6.07) is 0. The SMILES string of the molecule is O=C(O)OC(=O)OC(=O)O.[Ca+2].[H-].[H-].[H-].[Na+]. The normalized spacial score (nSPS) is 6.67. The van der Waals surface area contributed by atoms with E-state index in [1.165, 1.54) is 0 Å². The van der Waals surface area contributed by atoms with Gasteiger partial charge in [0.25, 0.3) is 0 Å². The van der Waals surface area contributed by atoms with Crippen LogP contribution >= 0.6 is 0 Å². The Bertz CT molecular complexity index is 172. The van der Waals surface area contributed by atoms with Crippen molar-refractivity contribution in [3.8, 4) is 0 Å². The standard InChI is InChI=1S/C3H2O7.Ca.Na.3H/c4-1(5)9-3(8)10-2(6)7;;;;;/h(H,4,5)(H,6,7);;;;;/q;+2;+1;3*-1. The molecule has 12 heavy (non-hydrogen) atoms. The molecule has 7 nitrogen and oxygen atoms in total. The largest absolute Gasteiger partial charge is 2.00 e. The van der Waals surface area contributed by atoms with E-state index in [1.807, 2.05) is 0 Å². The third kappa shape index (κ3) is 13.1. The molecule has 0 rings (SSSR count). The number of rotatable bonds is 0. The first-order valence-electron chi connectivity index (χ1n) is 1.88. The van der Waals surface area contributed by atoms with E-state index < -0.39 is 18.5 Å². The van der Waals surface area contributed by atoms with Gasteiger partial charge in [0.05, 0.1) is 0 Å². The number of ether oxygens (including phenoxy) is 2. The Morgan fingerprint density at radius 1 is 1.00 bits per heavy atom. The second-order valence-corrected chi connectivity index (χ2v) is 0.986. The molecular weight excluding hydrogens is 211 g/mol. The van der Waals surface area contributed by atoms with E-state index in [0.717, 1.165) is 0 Å². The van der Waals surface area contributed by atoms with Crippen LogP contribution in [0.15, 0.2) is 0 Å². The van der Waals surface area contributed by atoms with E-state index >= 15 is 0 Å². The molecule has 0 aliphatic heterocycles. The molecule has 0 radical (unpaired) electrons. The molecule has 0 spiro atoms. The second kappa shape index (κ2) is 9.56. The topological polar surface area (TPSA) is 110 Å². The molecule has 2 N–H and O–H groups in total. The molecule has 0 fully saturated rings. The van der Waals surface area contributed by atoms with Crippen LogP contribution in [0.1, 0.15) is 4.28 Å². The molecule has 0 aromatic carbocycles. The quantitative estimate of drug-likeness (QED) is 0.260. The summed E-state index contributed by atoms with van der Waals surface area (Å²) >= 11 is 0. The molecule has 0 aliphatic rings. The molecule has 0 aromatic heterocycles. The predicted octanol–water partition coefficient (Wildman–Crippen LogP) is -2.54. The van der Waals surface area contributed by atoms with E-state index in [4.69, 9.17) is 10.2 Å². The summed E-state index contributed by atoms with van der Waals surface area (Å²) in [5, 5.41) is 15.4. The van der Waals surface area contributed by atoms with Crippen LogP contribution < -0.4 is 29.6 Å². The first-order chi connectivity index (χ1) is 4.52. The minimum atomic E-state index is -1.92. The van der Waals surface area contributed by atoms with E-state index in [2.05, 4.69) is 9.47 Å². The van der Waals surface area contributed by atoms with Crippen LogP contribution in [-0.4, -0.2) is 66.4 Å². The van der Waals surface area contributed by atoms with Crippen molar-refractivity contribution in [2.24, 2.45) is 0 Å². The molecule has 0 aromatic rings. The van der Waals surface area contributed by atoms with Crippen LogP contribution in [0.4, 0.5) is 14.4 Å². The van der Waals surface area contributed by atoms with Crippen molar-refractivity contribution >= 4 is 56.2 Å². The summed E-state index contributed by atoms with van der Waals surface area (Å²) in [4.78, 5) is 28.8. The maximum Gasteiger partial charge on any atom is 2.00 e. The van der Waals surface area contributed by atoms with Crippen LogP contribution in [0.25, 0.3) is 0 Å². The van der Waals surface area contributed by atoms with Gasteiger partial charge in [0.2, 0.25) is 0 Å². The summed E-state index contributed by atoms with van der Waals surface area (Å²) in [6.07, 6.45) is -5.64. The van der Waals surface area contributed by atoms with Crippen LogP contribution in [0.3, 0.4) is 0 Å². The summed E-state index contributed by atoms with van der Waals surface area (Å²) in [5.41, 5.74) is 0. The number of hydrogen-bond donors (Lipinski definition) is 2. The van der Waals surface area contributed by atoms with Gasteiger partial charge in [-0.25, -0.2) is 14.4 Å². The number of carboxylic acid groups (broad SMARTS) is 2. The average Bonchev–Trinajstić information content (AvgIpc) is 1.58. The Labute approximate surface area is 123 Å². The molecule has 0 heterocycles. The van der Waals surface area contributed by atoms with Crippen molar-refractivity contribution in [3.63, 3.8) is 0 Å². The monoisotopic (exact) mass is 216 g/mol. The Hall–Kier alpha value is 0.470. The van der Waals surface area contributed by atoms with Crippen molar-refractivity contribution in [2.45, 2.75) is 0 Å². The number of hydrogen-bond acceptors (Lipinski definition) is 5. The average molecular weight is 216 g/mol. The second-order valence-electron chi connectivity index (χ2n) is 0.986. The molecule has 0 saturated carbocycles. The summed E-state index contributed by atoms with van der Waals surface area (Å²) < 4.78 is 6.47. The fourth-order valence-electron chi connectivity index (χ4n) is 0.163. The summed E-state index contributed by atoms with van der Waals surface area (Å²) in [5.74, 6) is 0. The fraction of sp³-hybridized carbons (Fsp3) is 0. The van der Waals surface area contributed by atoms with E-state index in [1.54, 1.807) is 0 Å². The first-order valence-corrected chi connectivity index (χ1v) is 1.88. The molecule has 0 saturated heterocycles. The van der Waals surface area contributed by atoms with Gasteiger partial charge >= 0.3 is 85.8 Å². The van der Waals surface area contributed by atoms with Gasteiger partial charge in [-0.2, -0.15) is 0 Å². The molecule has 0 atom stereocenters. The third-order valence-electron chi connectivity index (χ3n) is 0.341. The van der Waals surface area contributed by atoms with E-state index in [9.17, 15) is 14.4 Å². The molecule has 0 aliphatic carbocycles. The van der Waals surface area contributed by atoms with Crippen LogP contribution in [0.5, 0.6) is 0 Å². The van der Waals surface area contributed by atoms with Crippen LogP contribution in [-0.2, 0) is 9.47 Å². The zero-order chi connectivity index (χ0) is 8.15. The Balaban J connectivity index is -0.0000000405. The van der Waals surface area contributed by atoms with Gasteiger partial charge in [-0.05, 0) is 0 Å². The molecule has 62 valence electrons. The zero-order valence-corrected chi connectivity index (χ0v) is 10.4. The van der Waals surface area contributed by atoms with Crippen molar-refractivity contribution < 1.29 is 67.9 Å². The van der Waals surface area contributed by atoms with E-state index in [-0.39, 0.29) is 71.6 Å². The minimum Gasteiger partial charge on any atom is -1.00 e. The van der Waals surface area contributed by atoms with Crippen molar-refractivity contribution in [1.29, 1.82) is 0 Å². The summed E-state index contributed by atoms with van der Waals surface area (Å²) in [6.45, 7) is 0. The first kappa shape index (κ1) is 18.3. The third-order valence-corrected chi connectivity index (χ3v) is 0.341. The predicted molar refractivity (Wildman–Crippen MR) is 32.7 cm³/mol. The van der Waals surface area contributed by atoms with Gasteiger partial charge < -0.3 is 24.0 Å². The Morgan fingerprint density at radius 3 is 1.42 bits per heavy atom. The molecule has 0 amide bonds. The minimum absolute atomic E-state index is 0. The summed E-state index contributed by atoms with van der Waals surface area (Å²) in [7, 11) is 0. The van der Waals surface area contributed by atoms with Crippen molar-refractivity contribution in [3.05, 3.63) is 0 Å². The smallest absolute Gasteiger partial charge is 1.00 e. The molecular formula is C3H5CaNaO7. The van der Waals surface area contributed by atoms with Crippen molar-refractivity contribution in [1.82, 2.24) is 0 Å². The number of carbonyl (C=O) groups excluding carboxylic acids is 1. The Kier molecular flexibility index (Phi) is 14.6. The van der Waals surface area contributed by atoms with Gasteiger partial charge in [-0.3, -0.25) is 0 Å². The molecule has 9 heteroatoms. The molecule has 0 bridgehead atoms. The van der Waals surface area contributed by atoms with E-state index in [0.29, 0.717) is 0 Å². The van der Waals surface area contributed by atoms with Gasteiger partial charge in [0, 0.05) is 0 Å². The van der Waals surface area contributed by atoms with Crippen LogP contribution in [0, 0.1) is 0 Å². The van der Waals surface area contributed by atoms with Gasteiger partial charge in [0.1, 0.15) is 0 Å². The van der Waals surface area contributed by atoms with Gasteiger partial charge in [-0.15, -0.1) is 0 Å². The zero-order valence-electron chi connectivity index (χ0n) is 9.14.